The first kappa shape index (κ1) is 13.6. The number of hydrogen-bond donors (Lipinski definition) is 1. The van der Waals surface area contributed by atoms with E-state index in [9.17, 15) is 0 Å². The molecule has 0 aliphatic carbocycles. The molecular formula is C17H16ClNS. The van der Waals surface area contributed by atoms with Gasteiger partial charge in [0.15, 0.2) is 0 Å². The van der Waals surface area contributed by atoms with Crippen LogP contribution in [0.15, 0.2) is 48.5 Å². The molecule has 0 saturated carbocycles. The van der Waals surface area contributed by atoms with Crippen molar-refractivity contribution in [2.75, 3.05) is 7.05 Å². The van der Waals surface area contributed by atoms with Gasteiger partial charge in [0.05, 0.1) is 6.04 Å². The highest BCUT2D eigenvalue weighted by Gasteiger charge is 2.17. The van der Waals surface area contributed by atoms with Crippen LogP contribution in [0.3, 0.4) is 0 Å². The van der Waals surface area contributed by atoms with Gasteiger partial charge in [-0.2, -0.15) is 0 Å². The molecule has 20 heavy (non-hydrogen) atoms. The molecule has 0 spiro atoms. The molecule has 0 saturated heterocycles. The van der Waals surface area contributed by atoms with E-state index < -0.39 is 0 Å². The second kappa shape index (κ2) is 5.57. The van der Waals surface area contributed by atoms with Crippen molar-refractivity contribution in [3.8, 4) is 0 Å². The summed E-state index contributed by atoms with van der Waals surface area (Å²) in [6.07, 6.45) is 0. The second-order valence-electron chi connectivity index (χ2n) is 4.85. The van der Waals surface area contributed by atoms with E-state index in [-0.39, 0.29) is 6.04 Å². The van der Waals surface area contributed by atoms with Crippen molar-refractivity contribution in [2.24, 2.45) is 0 Å². The number of thiophene rings is 1. The van der Waals surface area contributed by atoms with Crippen LogP contribution in [0.5, 0.6) is 0 Å². The first-order valence-corrected chi connectivity index (χ1v) is 7.81. The molecule has 1 atom stereocenters. The van der Waals surface area contributed by atoms with E-state index in [1.54, 1.807) is 0 Å². The van der Waals surface area contributed by atoms with Gasteiger partial charge in [-0.25, -0.2) is 0 Å². The lowest BCUT2D eigenvalue weighted by Crippen LogP contribution is -2.16. The highest BCUT2D eigenvalue weighted by Crippen LogP contribution is 2.34. The average molecular weight is 302 g/mol. The SMILES string of the molecule is CNC(c1ccc(C)s1)c1ccc(Cl)c2ccccc12. The van der Waals surface area contributed by atoms with Gasteiger partial charge in [0, 0.05) is 20.2 Å². The van der Waals surface area contributed by atoms with Gasteiger partial charge >= 0.3 is 0 Å². The van der Waals surface area contributed by atoms with Crippen molar-refractivity contribution in [3.63, 3.8) is 0 Å². The van der Waals surface area contributed by atoms with Crippen LogP contribution in [0.2, 0.25) is 5.02 Å². The van der Waals surface area contributed by atoms with E-state index >= 15 is 0 Å². The topological polar surface area (TPSA) is 12.0 Å². The van der Waals surface area contributed by atoms with E-state index in [0.717, 1.165) is 10.4 Å². The minimum absolute atomic E-state index is 0.205. The zero-order valence-electron chi connectivity index (χ0n) is 11.5. The summed E-state index contributed by atoms with van der Waals surface area (Å²) < 4.78 is 0. The predicted molar refractivity (Wildman–Crippen MR) is 88.9 cm³/mol. The standard InChI is InChI=1S/C17H16ClNS/c1-11-7-10-16(20-11)17(19-2)14-8-9-15(18)13-6-4-3-5-12(13)14/h3-10,17,19H,1-2H3. The molecule has 0 radical (unpaired) electrons. The summed E-state index contributed by atoms with van der Waals surface area (Å²) in [6, 6.07) is 17.0. The van der Waals surface area contributed by atoms with Crippen LogP contribution in [0, 0.1) is 6.92 Å². The van der Waals surface area contributed by atoms with E-state index in [1.807, 2.05) is 30.5 Å². The summed E-state index contributed by atoms with van der Waals surface area (Å²) in [5.41, 5.74) is 1.27. The van der Waals surface area contributed by atoms with Crippen LogP contribution in [0.25, 0.3) is 10.8 Å². The first-order chi connectivity index (χ1) is 9.70. The number of benzene rings is 2. The van der Waals surface area contributed by atoms with Gasteiger partial charge in [-0.3, -0.25) is 0 Å². The third-order valence-electron chi connectivity index (χ3n) is 3.55. The number of halogens is 1. The van der Waals surface area contributed by atoms with E-state index in [1.165, 1.54) is 20.7 Å². The zero-order valence-corrected chi connectivity index (χ0v) is 13.1. The van der Waals surface area contributed by atoms with Crippen molar-refractivity contribution in [1.29, 1.82) is 0 Å². The van der Waals surface area contributed by atoms with Crippen LogP contribution in [0.1, 0.15) is 21.4 Å². The molecule has 3 aromatic rings. The lowest BCUT2D eigenvalue weighted by molar-refractivity contribution is 0.709. The molecule has 0 bridgehead atoms. The molecule has 102 valence electrons. The molecule has 3 heteroatoms. The molecule has 1 nitrogen and oxygen atoms in total. The van der Waals surface area contributed by atoms with Crippen molar-refractivity contribution >= 4 is 33.7 Å². The Balaban J connectivity index is 2.20. The third kappa shape index (κ3) is 2.35. The van der Waals surface area contributed by atoms with Crippen molar-refractivity contribution in [3.05, 3.63) is 68.9 Å². The number of nitrogens with one attached hydrogen (secondary N) is 1. The summed E-state index contributed by atoms with van der Waals surface area (Å²) in [6.45, 7) is 2.14. The van der Waals surface area contributed by atoms with E-state index in [0.29, 0.717) is 0 Å². The van der Waals surface area contributed by atoms with Gasteiger partial charge in [-0.1, -0.05) is 41.9 Å². The van der Waals surface area contributed by atoms with E-state index in [2.05, 4.69) is 48.6 Å². The van der Waals surface area contributed by atoms with Crippen LogP contribution < -0.4 is 5.32 Å². The fourth-order valence-corrected chi connectivity index (χ4v) is 3.83. The van der Waals surface area contributed by atoms with Gasteiger partial charge in [0.2, 0.25) is 0 Å². The quantitative estimate of drug-likeness (QED) is 0.703. The predicted octanol–water partition coefficient (Wildman–Crippen LogP) is 5.17. The molecular weight excluding hydrogens is 286 g/mol. The fraction of sp³-hybridized carbons (Fsp3) is 0.176. The molecule has 1 unspecified atom stereocenters. The Morgan fingerprint density at radius 1 is 1.00 bits per heavy atom. The van der Waals surface area contributed by atoms with Crippen molar-refractivity contribution < 1.29 is 0 Å². The highest BCUT2D eigenvalue weighted by atomic mass is 35.5. The maximum atomic E-state index is 6.31. The second-order valence-corrected chi connectivity index (χ2v) is 6.58. The lowest BCUT2D eigenvalue weighted by Gasteiger charge is -2.18. The lowest BCUT2D eigenvalue weighted by atomic mass is 9.98. The minimum atomic E-state index is 0.205. The van der Waals surface area contributed by atoms with Crippen LogP contribution >= 0.6 is 22.9 Å². The molecule has 1 N–H and O–H groups in total. The third-order valence-corrected chi connectivity index (χ3v) is 4.95. The minimum Gasteiger partial charge on any atom is -0.309 e. The summed E-state index contributed by atoms with van der Waals surface area (Å²) in [5, 5.41) is 6.56. The highest BCUT2D eigenvalue weighted by molar-refractivity contribution is 7.12. The Morgan fingerprint density at radius 3 is 2.40 bits per heavy atom. The number of fused-ring (bicyclic) bond motifs is 1. The first-order valence-electron chi connectivity index (χ1n) is 6.61. The number of rotatable bonds is 3. The monoisotopic (exact) mass is 301 g/mol. The van der Waals surface area contributed by atoms with Gasteiger partial charge in [0.25, 0.3) is 0 Å². The van der Waals surface area contributed by atoms with Crippen LogP contribution in [0.4, 0.5) is 0 Å². The van der Waals surface area contributed by atoms with Crippen LogP contribution in [-0.4, -0.2) is 7.05 Å². The Bertz CT molecular complexity index is 748. The molecule has 0 aliphatic heterocycles. The summed E-state index contributed by atoms with van der Waals surface area (Å²) >= 11 is 8.14. The summed E-state index contributed by atoms with van der Waals surface area (Å²) in [7, 11) is 2.00. The molecule has 0 aliphatic rings. The summed E-state index contributed by atoms with van der Waals surface area (Å²) in [4.78, 5) is 2.66. The Kier molecular flexibility index (Phi) is 3.79. The molecule has 3 rings (SSSR count). The molecule has 1 aromatic heterocycles. The van der Waals surface area contributed by atoms with Crippen LogP contribution in [-0.2, 0) is 0 Å². The summed E-state index contributed by atoms with van der Waals surface area (Å²) in [5.74, 6) is 0. The maximum absolute atomic E-state index is 6.31. The average Bonchev–Trinajstić information content (AvgIpc) is 2.89. The van der Waals surface area contributed by atoms with Gasteiger partial charge in [-0.15, -0.1) is 11.3 Å². The normalized spacial score (nSPS) is 12.8. The molecule has 0 amide bonds. The van der Waals surface area contributed by atoms with Crippen molar-refractivity contribution in [1.82, 2.24) is 5.32 Å². The van der Waals surface area contributed by atoms with E-state index in [4.69, 9.17) is 11.6 Å². The Morgan fingerprint density at radius 2 is 1.75 bits per heavy atom. The molecule has 1 heterocycles. The van der Waals surface area contributed by atoms with Crippen molar-refractivity contribution in [2.45, 2.75) is 13.0 Å². The van der Waals surface area contributed by atoms with Gasteiger partial charge in [-0.05, 0) is 43.1 Å². The molecule has 0 fully saturated rings. The fourth-order valence-electron chi connectivity index (χ4n) is 2.60. The van der Waals surface area contributed by atoms with Gasteiger partial charge < -0.3 is 5.32 Å². The molecule has 2 aromatic carbocycles. The smallest absolute Gasteiger partial charge is 0.0674 e. The Hall–Kier alpha value is -1.35. The largest absolute Gasteiger partial charge is 0.309 e. The van der Waals surface area contributed by atoms with Gasteiger partial charge in [0.1, 0.15) is 0 Å². The Labute approximate surface area is 128 Å². The number of aryl methyl sites for hydroxylation is 1. The maximum Gasteiger partial charge on any atom is 0.0674 e. The number of hydrogen-bond acceptors (Lipinski definition) is 2. The zero-order chi connectivity index (χ0) is 14.1.